The minimum atomic E-state index is -0.914. The molecule has 1 fully saturated rings. The van der Waals surface area contributed by atoms with Crippen molar-refractivity contribution >= 4 is 40.7 Å². The Labute approximate surface area is 249 Å². The molecule has 14 heteroatoms. The lowest BCUT2D eigenvalue weighted by Gasteiger charge is -2.31. The molecule has 43 heavy (non-hydrogen) atoms. The highest BCUT2D eigenvalue weighted by Crippen LogP contribution is 2.33. The number of nitrogen functional groups attached to an aromatic ring is 2. The number of nitrogens with two attached hydrogens (primary N) is 3. The molecule has 0 radical (unpaired) electrons. The van der Waals surface area contributed by atoms with Crippen LogP contribution in [0, 0.1) is 11.8 Å². The molecule has 0 aromatic heterocycles. The number of amides is 2. The highest BCUT2D eigenvalue weighted by Gasteiger charge is 2.19. The van der Waals surface area contributed by atoms with E-state index in [1.54, 1.807) is 6.07 Å². The van der Waals surface area contributed by atoms with Crippen molar-refractivity contribution in [1.29, 1.82) is 0 Å². The lowest BCUT2D eigenvalue weighted by atomic mass is 10.1. The molecule has 1 saturated heterocycles. The molecule has 1 heterocycles. The first-order chi connectivity index (χ1) is 20.6. The van der Waals surface area contributed by atoms with Gasteiger partial charge < -0.3 is 52.1 Å². The number of hydrogen-bond acceptors (Lipinski definition) is 11. The lowest BCUT2D eigenvalue weighted by Crippen LogP contribution is -2.48. The standard InChI is InChI=1S/C29H37N7O7/c1-41-23-18-20(28(38)42-2)16-22(31)25(23)33-7-3-4-8-34-26-21(30)15-19(27(32)37)17-24(26)43-14-6-5-9-35-10-12-36(13-11-35)29(39)40/h3-4,15-18,33-34H,7-14,30-31H2,1-2H3,(H2,32,37)(H,39,40). The molecule has 3 rings (SSSR count). The van der Waals surface area contributed by atoms with Gasteiger partial charge in [0, 0.05) is 44.8 Å². The summed E-state index contributed by atoms with van der Waals surface area (Å²) in [4.78, 5) is 38.1. The highest BCUT2D eigenvalue weighted by atomic mass is 16.5. The molecule has 2 aromatic carbocycles. The summed E-state index contributed by atoms with van der Waals surface area (Å²) in [7, 11) is 2.77. The first-order valence-corrected chi connectivity index (χ1v) is 13.3. The Morgan fingerprint density at radius 2 is 1.49 bits per heavy atom. The van der Waals surface area contributed by atoms with Crippen LogP contribution in [0.1, 0.15) is 20.7 Å². The molecule has 0 unspecified atom stereocenters. The number of primary amides is 1. The Hall–Kier alpha value is -5.29. The van der Waals surface area contributed by atoms with E-state index in [1.165, 1.54) is 37.3 Å². The number of benzene rings is 2. The van der Waals surface area contributed by atoms with Crippen LogP contribution in [0.4, 0.5) is 27.5 Å². The maximum Gasteiger partial charge on any atom is 0.407 e. The topological polar surface area (TPSA) is 208 Å². The lowest BCUT2D eigenvalue weighted by molar-refractivity contribution is 0.0600. The third kappa shape index (κ3) is 9.10. The van der Waals surface area contributed by atoms with Gasteiger partial charge in [-0.2, -0.15) is 0 Å². The van der Waals surface area contributed by atoms with E-state index < -0.39 is 18.0 Å². The van der Waals surface area contributed by atoms with E-state index in [-0.39, 0.29) is 23.4 Å². The van der Waals surface area contributed by atoms with E-state index in [4.69, 9.17) is 36.5 Å². The summed E-state index contributed by atoms with van der Waals surface area (Å²) in [5.74, 6) is 5.53. The van der Waals surface area contributed by atoms with Gasteiger partial charge in [0.05, 0.1) is 37.7 Å². The average Bonchev–Trinajstić information content (AvgIpc) is 2.99. The molecule has 0 aliphatic carbocycles. The van der Waals surface area contributed by atoms with Crippen LogP contribution in [-0.2, 0) is 4.74 Å². The monoisotopic (exact) mass is 595 g/mol. The van der Waals surface area contributed by atoms with Gasteiger partial charge >= 0.3 is 12.1 Å². The number of nitrogens with zero attached hydrogens (tertiary/aromatic N) is 2. The zero-order valence-electron chi connectivity index (χ0n) is 24.1. The van der Waals surface area contributed by atoms with Gasteiger partial charge in [-0.15, -0.1) is 0 Å². The van der Waals surface area contributed by atoms with Crippen molar-refractivity contribution in [1.82, 2.24) is 9.80 Å². The third-order valence-electron chi connectivity index (χ3n) is 6.52. The van der Waals surface area contributed by atoms with Crippen LogP contribution >= 0.6 is 0 Å². The summed E-state index contributed by atoms with van der Waals surface area (Å²) in [6.45, 7) is 3.41. The predicted molar refractivity (Wildman–Crippen MR) is 164 cm³/mol. The van der Waals surface area contributed by atoms with Crippen LogP contribution in [0.2, 0.25) is 0 Å². The molecule has 230 valence electrons. The second-order valence-corrected chi connectivity index (χ2v) is 9.36. The zero-order chi connectivity index (χ0) is 31.4. The highest BCUT2D eigenvalue weighted by molar-refractivity contribution is 5.96. The number of carbonyl (C=O) groups is 3. The Kier molecular flexibility index (Phi) is 11.7. The summed E-state index contributed by atoms with van der Waals surface area (Å²) >= 11 is 0. The molecule has 9 N–H and O–H groups in total. The normalized spacial score (nSPS) is 13.1. The molecular formula is C29H37N7O7. The van der Waals surface area contributed by atoms with Gasteiger partial charge in [0.1, 0.15) is 29.5 Å². The summed E-state index contributed by atoms with van der Waals surface area (Å²) in [6, 6.07) is 6.03. The average molecular weight is 596 g/mol. The van der Waals surface area contributed by atoms with Gasteiger partial charge in [0.15, 0.2) is 0 Å². The number of anilines is 4. The molecule has 0 atom stereocenters. The van der Waals surface area contributed by atoms with Gasteiger partial charge in [-0.3, -0.25) is 9.69 Å². The zero-order valence-corrected chi connectivity index (χ0v) is 24.1. The van der Waals surface area contributed by atoms with Gasteiger partial charge in [0.25, 0.3) is 0 Å². The molecule has 1 aliphatic heterocycles. The summed E-state index contributed by atoms with van der Waals surface area (Å²) in [5, 5.41) is 15.4. The van der Waals surface area contributed by atoms with E-state index in [0.29, 0.717) is 74.4 Å². The Balaban J connectivity index is 1.56. The van der Waals surface area contributed by atoms with E-state index in [0.717, 1.165) is 0 Å². The second-order valence-electron chi connectivity index (χ2n) is 9.36. The molecule has 14 nitrogen and oxygen atoms in total. The first-order valence-electron chi connectivity index (χ1n) is 13.3. The number of nitrogens with one attached hydrogen (secondary N) is 2. The van der Waals surface area contributed by atoms with Gasteiger partial charge in [-0.25, -0.2) is 9.59 Å². The third-order valence-corrected chi connectivity index (χ3v) is 6.52. The predicted octanol–water partition coefficient (Wildman–Crippen LogP) is 1.50. The quantitative estimate of drug-likeness (QED) is 0.0893. The second kappa shape index (κ2) is 15.6. The van der Waals surface area contributed by atoms with Gasteiger partial charge in [-0.1, -0.05) is 24.0 Å². The van der Waals surface area contributed by atoms with E-state index in [9.17, 15) is 14.4 Å². The van der Waals surface area contributed by atoms with Crippen molar-refractivity contribution in [3.05, 3.63) is 47.5 Å². The van der Waals surface area contributed by atoms with Crippen molar-refractivity contribution in [3.63, 3.8) is 0 Å². The van der Waals surface area contributed by atoms with Crippen LogP contribution in [0.5, 0.6) is 11.5 Å². The van der Waals surface area contributed by atoms with Crippen molar-refractivity contribution in [2.45, 2.75) is 0 Å². The van der Waals surface area contributed by atoms with Gasteiger partial charge in [-0.05, 0) is 24.3 Å². The number of ether oxygens (including phenoxy) is 3. The fourth-order valence-corrected chi connectivity index (χ4v) is 4.22. The molecule has 0 spiro atoms. The number of hydrogen-bond donors (Lipinski definition) is 6. The smallest absolute Gasteiger partial charge is 0.407 e. The fourth-order valence-electron chi connectivity index (χ4n) is 4.22. The Morgan fingerprint density at radius 1 is 0.907 bits per heavy atom. The molecular weight excluding hydrogens is 558 g/mol. The maximum absolute atomic E-state index is 11.8. The number of carbonyl (C=O) groups excluding carboxylic acids is 2. The number of esters is 1. The van der Waals surface area contributed by atoms with Crippen molar-refractivity contribution in [3.8, 4) is 23.3 Å². The summed E-state index contributed by atoms with van der Waals surface area (Å²) < 4.78 is 15.9. The summed E-state index contributed by atoms with van der Waals surface area (Å²) in [5.41, 5.74) is 19.9. The summed E-state index contributed by atoms with van der Waals surface area (Å²) in [6.07, 6.45) is 2.80. The van der Waals surface area contributed by atoms with E-state index in [1.807, 2.05) is 12.2 Å². The van der Waals surface area contributed by atoms with Crippen LogP contribution in [-0.4, -0.2) is 99.5 Å². The number of methoxy groups -OCH3 is 2. The van der Waals surface area contributed by atoms with E-state index in [2.05, 4.69) is 27.4 Å². The number of piperazine rings is 1. The minimum absolute atomic E-state index is 0.0448. The van der Waals surface area contributed by atoms with Crippen molar-refractivity contribution in [2.24, 2.45) is 5.73 Å². The van der Waals surface area contributed by atoms with Gasteiger partial charge in [0.2, 0.25) is 5.91 Å². The van der Waals surface area contributed by atoms with Crippen LogP contribution in [0.25, 0.3) is 0 Å². The Morgan fingerprint density at radius 3 is 2.05 bits per heavy atom. The number of rotatable bonds is 12. The SMILES string of the molecule is COC(=O)c1cc(N)c(NCC=CCNc2c(N)cc(C(N)=O)cc2OCC#CCN2CCN(C(=O)O)CC2)c(OC)c1. The molecule has 1 aliphatic rings. The van der Waals surface area contributed by atoms with Crippen molar-refractivity contribution in [2.75, 3.05) is 88.7 Å². The molecule has 0 saturated carbocycles. The Bertz CT molecular complexity index is 1410. The van der Waals surface area contributed by atoms with Crippen LogP contribution in [0.15, 0.2) is 36.4 Å². The van der Waals surface area contributed by atoms with Crippen LogP contribution < -0.4 is 37.3 Å². The first kappa shape index (κ1) is 32.2. The minimum Gasteiger partial charge on any atom is -0.494 e. The maximum atomic E-state index is 11.8. The molecule has 2 aromatic rings. The number of carboxylic acid groups (broad SMARTS) is 1. The van der Waals surface area contributed by atoms with E-state index >= 15 is 0 Å². The van der Waals surface area contributed by atoms with Crippen molar-refractivity contribution < 1.29 is 33.7 Å². The molecule has 0 bridgehead atoms. The largest absolute Gasteiger partial charge is 0.494 e. The fraction of sp³-hybridized carbons (Fsp3) is 0.345. The van der Waals surface area contributed by atoms with Crippen LogP contribution in [0.3, 0.4) is 0 Å². The molecule has 2 amide bonds.